The zero-order valence-corrected chi connectivity index (χ0v) is 11.8. The second-order valence-corrected chi connectivity index (χ2v) is 6.64. The maximum absolute atomic E-state index is 13.0. The molecular formula is C15H23FN2. The first-order chi connectivity index (χ1) is 8.30. The average Bonchev–Trinajstić information content (AvgIpc) is 2.36. The van der Waals surface area contributed by atoms with E-state index < -0.39 is 0 Å². The van der Waals surface area contributed by atoms with Crippen LogP contribution in [0.15, 0.2) is 24.3 Å². The molecule has 0 amide bonds. The molecule has 0 bridgehead atoms. The summed E-state index contributed by atoms with van der Waals surface area (Å²) in [5.74, 6) is -0.177. The summed E-state index contributed by atoms with van der Waals surface area (Å²) in [6.45, 7) is 11.9. The van der Waals surface area contributed by atoms with E-state index in [9.17, 15) is 4.39 Å². The topological polar surface area (TPSA) is 15.3 Å². The molecule has 1 saturated heterocycles. The highest BCUT2D eigenvalue weighted by molar-refractivity contribution is 5.49. The molecule has 0 saturated carbocycles. The van der Waals surface area contributed by atoms with Crippen LogP contribution in [0.4, 0.5) is 10.1 Å². The predicted molar refractivity (Wildman–Crippen MR) is 74.5 cm³/mol. The van der Waals surface area contributed by atoms with Crippen LogP contribution in [-0.2, 0) is 0 Å². The van der Waals surface area contributed by atoms with Gasteiger partial charge in [0.2, 0.25) is 0 Å². The molecule has 18 heavy (non-hydrogen) atoms. The predicted octanol–water partition coefficient (Wildman–Crippen LogP) is 3.04. The zero-order valence-electron chi connectivity index (χ0n) is 11.8. The van der Waals surface area contributed by atoms with Crippen molar-refractivity contribution in [3.8, 4) is 0 Å². The van der Waals surface area contributed by atoms with Crippen LogP contribution in [0.3, 0.4) is 0 Å². The van der Waals surface area contributed by atoms with E-state index in [1.165, 1.54) is 12.1 Å². The minimum Gasteiger partial charge on any atom is -0.365 e. The molecule has 2 rings (SSSR count). The summed E-state index contributed by atoms with van der Waals surface area (Å²) in [4.78, 5) is 2.38. The lowest BCUT2D eigenvalue weighted by Crippen LogP contribution is -2.49. The fourth-order valence-corrected chi connectivity index (χ4v) is 2.56. The Kier molecular flexibility index (Phi) is 3.37. The lowest BCUT2D eigenvalue weighted by molar-refractivity contribution is 0.365. The molecule has 1 aliphatic heterocycles. The van der Waals surface area contributed by atoms with Crippen molar-refractivity contribution in [1.82, 2.24) is 5.32 Å². The number of anilines is 1. The summed E-state index contributed by atoms with van der Waals surface area (Å²) in [5.41, 5.74) is 1.34. The summed E-state index contributed by atoms with van der Waals surface area (Å²) >= 11 is 0. The number of benzene rings is 1. The summed E-state index contributed by atoms with van der Waals surface area (Å²) in [7, 11) is 0. The molecule has 100 valence electrons. The summed E-state index contributed by atoms with van der Waals surface area (Å²) in [5, 5.41) is 3.52. The number of hydrogen-bond donors (Lipinski definition) is 1. The van der Waals surface area contributed by atoms with E-state index in [1.807, 2.05) is 12.1 Å². The van der Waals surface area contributed by atoms with E-state index in [4.69, 9.17) is 0 Å². The fraction of sp³-hybridized carbons (Fsp3) is 0.600. The van der Waals surface area contributed by atoms with E-state index in [2.05, 4.69) is 37.9 Å². The molecule has 1 aliphatic rings. The Labute approximate surface area is 109 Å². The van der Waals surface area contributed by atoms with Crippen LogP contribution in [0.5, 0.6) is 0 Å². The normalized spacial score (nSPS) is 22.6. The third-order valence-corrected chi connectivity index (χ3v) is 3.62. The van der Waals surface area contributed by atoms with Crippen molar-refractivity contribution in [2.75, 3.05) is 24.5 Å². The Bertz CT molecular complexity index is 409. The Morgan fingerprint density at radius 1 is 1.06 bits per heavy atom. The van der Waals surface area contributed by atoms with Gasteiger partial charge in [-0.1, -0.05) is 13.8 Å². The molecule has 2 nitrogen and oxygen atoms in total. The van der Waals surface area contributed by atoms with Crippen LogP contribution in [0.25, 0.3) is 0 Å². The van der Waals surface area contributed by atoms with Crippen molar-refractivity contribution in [2.45, 2.75) is 33.2 Å². The molecule has 1 aromatic carbocycles. The van der Waals surface area contributed by atoms with Crippen LogP contribution in [0.1, 0.15) is 27.7 Å². The van der Waals surface area contributed by atoms with Gasteiger partial charge in [-0.15, -0.1) is 0 Å². The number of halogens is 1. The first-order valence-electron chi connectivity index (χ1n) is 6.54. The molecule has 0 spiro atoms. The number of rotatable bonds is 1. The third kappa shape index (κ3) is 2.83. The lowest BCUT2D eigenvalue weighted by atomic mass is 9.91. The number of hydrogen-bond acceptors (Lipinski definition) is 2. The fourth-order valence-electron chi connectivity index (χ4n) is 2.56. The Morgan fingerprint density at radius 2 is 1.67 bits per heavy atom. The number of nitrogens with one attached hydrogen (secondary N) is 1. The minimum absolute atomic E-state index is 0.0333. The monoisotopic (exact) mass is 250 g/mol. The van der Waals surface area contributed by atoms with Gasteiger partial charge in [0.1, 0.15) is 5.82 Å². The average molecular weight is 250 g/mol. The molecular weight excluding hydrogens is 227 g/mol. The van der Waals surface area contributed by atoms with Gasteiger partial charge in [0, 0.05) is 30.9 Å². The summed E-state index contributed by atoms with van der Waals surface area (Å²) in [6.07, 6.45) is 0. The maximum Gasteiger partial charge on any atom is 0.123 e. The highest BCUT2D eigenvalue weighted by atomic mass is 19.1. The van der Waals surface area contributed by atoms with E-state index in [1.54, 1.807) is 0 Å². The van der Waals surface area contributed by atoms with Gasteiger partial charge in [-0.2, -0.15) is 0 Å². The van der Waals surface area contributed by atoms with Crippen LogP contribution in [0, 0.1) is 11.2 Å². The molecule has 3 heteroatoms. The Hall–Kier alpha value is -1.09. The smallest absolute Gasteiger partial charge is 0.123 e. The van der Waals surface area contributed by atoms with Gasteiger partial charge in [0.25, 0.3) is 0 Å². The first-order valence-corrected chi connectivity index (χ1v) is 6.54. The van der Waals surface area contributed by atoms with E-state index in [0.29, 0.717) is 0 Å². The van der Waals surface area contributed by atoms with Gasteiger partial charge in [-0.05, 0) is 43.5 Å². The molecule has 1 fully saturated rings. The minimum atomic E-state index is -0.177. The van der Waals surface area contributed by atoms with Crippen molar-refractivity contribution >= 4 is 5.69 Å². The first kappa shape index (κ1) is 13.3. The highest BCUT2D eigenvalue weighted by Gasteiger charge is 2.35. The highest BCUT2D eigenvalue weighted by Crippen LogP contribution is 2.30. The second kappa shape index (κ2) is 4.54. The van der Waals surface area contributed by atoms with Crippen LogP contribution in [0.2, 0.25) is 0 Å². The molecule has 1 N–H and O–H groups in total. The third-order valence-electron chi connectivity index (χ3n) is 3.62. The summed E-state index contributed by atoms with van der Waals surface area (Å²) < 4.78 is 13.0. The molecule has 0 unspecified atom stereocenters. The van der Waals surface area contributed by atoms with Crippen molar-refractivity contribution in [3.05, 3.63) is 30.1 Å². The Balaban J connectivity index is 2.34. The zero-order chi connectivity index (χ0) is 13.4. The van der Waals surface area contributed by atoms with Crippen LogP contribution < -0.4 is 10.2 Å². The molecule has 1 heterocycles. The van der Waals surface area contributed by atoms with Gasteiger partial charge in [0.15, 0.2) is 0 Å². The lowest BCUT2D eigenvalue weighted by Gasteiger charge is -2.41. The van der Waals surface area contributed by atoms with Crippen LogP contribution >= 0.6 is 0 Å². The second-order valence-electron chi connectivity index (χ2n) is 6.64. The van der Waals surface area contributed by atoms with Crippen molar-refractivity contribution in [2.24, 2.45) is 5.41 Å². The van der Waals surface area contributed by atoms with Gasteiger partial charge < -0.3 is 10.2 Å². The summed E-state index contributed by atoms with van der Waals surface area (Å²) in [6, 6.07) is 6.82. The van der Waals surface area contributed by atoms with Gasteiger partial charge in [0.05, 0.1) is 0 Å². The molecule has 0 aromatic heterocycles. The van der Waals surface area contributed by atoms with Gasteiger partial charge in [-0.25, -0.2) is 4.39 Å². The molecule has 0 atom stereocenters. The molecule has 0 radical (unpaired) electrons. The van der Waals surface area contributed by atoms with Gasteiger partial charge >= 0.3 is 0 Å². The van der Waals surface area contributed by atoms with E-state index >= 15 is 0 Å². The largest absolute Gasteiger partial charge is 0.365 e. The number of nitrogens with zero attached hydrogens (tertiary/aromatic N) is 1. The molecule has 1 aromatic rings. The van der Waals surface area contributed by atoms with Crippen molar-refractivity contribution in [3.63, 3.8) is 0 Å². The maximum atomic E-state index is 13.0. The quantitative estimate of drug-likeness (QED) is 0.824. The SMILES string of the molecule is CC1(C)CNCC(C)(C)N(c2ccc(F)cc2)C1. The Morgan fingerprint density at radius 3 is 2.28 bits per heavy atom. The van der Waals surface area contributed by atoms with Gasteiger partial charge in [-0.3, -0.25) is 0 Å². The standard InChI is InChI=1S/C15H23FN2/c1-14(2)9-17-10-15(3,4)18(11-14)13-7-5-12(16)6-8-13/h5-8,17H,9-11H2,1-4H3. The van der Waals surface area contributed by atoms with Crippen molar-refractivity contribution < 1.29 is 4.39 Å². The van der Waals surface area contributed by atoms with Crippen molar-refractivity contribution in [1.29, 1.82) is 0 Å². The van der Waals surface area contributed by atoms with E-state index in [-0.39, 0.29) is 16.8 Å². The van der Waals surface area contributed by atoms with Crippen LogP contribution in [-0.4, -0.2) is 25.2 Å². The molecule has 0 aliphatic carbocycles. The van der Waals surface area contributed by atoms with E-state index in [0.717, 1.165) is 25.3 Å².